The van der Waals surface area contributed by atoms with Gasteiger partial charge in [-0.15, -0.1) is 0 Å². The van der Waals surface area contributed by atoms with Gasteiger partial charge in [0.25, 0.3) is 0 Å². The van der Waals surface area contributed by atoms with Crippen molar-refractivity contribution < 1.29 is 14.1 Å². The molecule has 29 heavy (non-hydrogen) atoms. The summed E-state index contributed by atoms with van der Waals surface area (Å²) in [4.78, 5) is 32.1. The molecule has 0 spiro atoms. The number of nitrogens with one attached hydrogen (secondary N) is 2. The van der Waals surface area contributed by atoms with Gasteiger partial charge in [0, 0.05) is 24.4 Å². The Hall–Kier alpha value is -3.56. The van der Waals surface area contributed by atoms with E-state index in [-0.39, 0.29) is 30.7 Å². The maximum absolute atomic E-state index is 12.0. The molecule has 0 bridgehead atoms. The van der Waals surface area contributed by atoms with E-state index in [4.69, 9.17) is 4.52 Å². The minimum absolute atomic E-state index is 0.0955. The highest BCUT2D eigenvalue weighted by molar-refractivity contribution is 5.94. The molecule has 152 valence electrons. The molecule has 0 unspecified atom stereocenters. The molecule has 2 N–H and O–H groups in total. The molecule has 0 fully saturated rings. The summed E-state index contributed by atoms with van der Waals surface area (Å²) < 4.78 is 6.75. The molecule has 10 nitrogen and oxygen atoms in total. The van der Waals surface area contributed by atoms with E-state index < -0.39 is 0 Å². The van der Waals surface area contributed by atoms with Gasteiger partial charge in [-0.1, -0.05) is 19.0 Å². The van der Waals surface area contributed by atoms with Crippen molar-refractivity contribution in [2.75, 3.05) is 11.9 Å². The van der Waals surface area contributed by atoms with Crippen LogP contribution >= 0.6 is 0 Å². The van der Waals surface area contributed by atoms with Gasteiger partial charge in [-0.05, 0) is 30.7 Å². The molecule has 0 radical (unpaired) electrons. The van der Waals surface area contributed by atoms with Crippen molar-refractivity contribution in [2.45, 2.75) is 39.0 Å². The molecular formula is C19H23N7O3. The molecule has 0 aliphatic heterocycles. The van der Waals surface area contributed by atoms with Crippen LogP contribution in [0.4, 0.5) is 5.69 Å². The summed E-state index contributed by atoms with van der Waals surface area (Å²) in [5, 5.41) is 13.3. The van der Waals surface area contributed by atoms with Crippen LogP contribution in [0.2, 0.25) is 0 Å². The molecule has 3 aromatic rings. The topological polar surface area (TPSA) is 128 Å². The number of hydrogen-bond acceptors (Lipinski definition) is 7. The molecule has 0 aliphatic rings. The van der Waals surface area contributed by atoms with Gasteiger partial charge >= 0.3 is 0 Å². The Bertz CT molecular complexity index is 933. The number of aryl methyl sites for hydroxylation is 1. The third kappa shape index (κ3) is 5.96. The average molecular weight is 397 g/mol. The number of carbonyl (C=O) groups excluding carboxylic acids is 2. The summed E-state index contributed by atoms with van der Waals surface area (Å²) in [6.07, 6.45) is 4.40. The van der Waals surface area contributed by atoms with E-state index in [0.29, 0.717) is 30.2 Å². The minimum atomic E-state index is -0.301. The zero-order valence-electron chi connectivity index (χ0n) is 16.3. The van der Waals surface area contributed by atoms with E-state index in [2.05, 4.69) is 30.9 Å². The Labute approximate surface area is 167 Å². The summed E-state index contributed by atoms with van der Waals surface area (Å²) in [6, 6.07) is 7.13. The molecule has 0 aliphatic carbocycles. The van der Waals surface area contributed by atoms with Gasteiger partial charge in [0.1, 0.15) is 12.7 Å². The van der Waals surface area contributed by atoms with Crippen LogP contribution in [0.1, 0.15) is 44.3 Å². The molecule has 2 heterocycles. The van der Waals surface area contributed by atoms with E-state index in [0.717, 1.165) is 5.69 Å². The van der Waals surface area contributed by atoms with Gasteiger partial charge in [-0.3, -0.25) is 9.59 Å². The lowest BCUT2D eigenvalue weighted by Gasteiger charge is -2.08. The van der Waals surface area contributed by atoms with Gasteiger partial charge in [-0.25, -0.2) is 9.67 Å². The smallest absolute Gasteiger partial charge is 0.243 e. The maximum Gasteiger partial charge on any atom is 0.243 e. The average Bonchev–Trinajstić information content (AvgIpc) is 3.39. The van der Waals surface area contributed by atoms with Crippen LogP contribution in [0.25, 0.3) is 5.69 Å². The summed E-state index contributed by atoms with van der Waals surface area (Å²) in [5.41, 5.74) is 1.46. The van der Waals surface area contributed by atoms with Crippen LogP contribution in [0, 0.1) is 0 Å². The van der Waals surface area contributed by atoms with Crippen LogP contribution in [0.15, 0.2) is 41.4 Å². The first-order valence-electron chi connectivity index (χ1n) is 9.35. The highest BCUT2D eigenvalue weighted by atomic mass is 16.5. The summed E-state index contributed by atoms with van der Waals surface area (Å²) in [7, 11) is 0. The van der Waals surface area contributed by atoms with E-state index in [1.165, 1.54) is 6.33 Å². The van der Waals surface area contributed by atoms with Crippen molar-refractivity contribution >= 4 is 17.5 Å². The zero-order chi connectivity index (χ0) is 20.6. The van der Waals surface area contributed by atoms with Crippen molar-refractivity contribution in [3.05, 3.63) is 48.6 Å². The summed E-state index contributed by atoms with van der Waals surface area (Å²) >= 11 is 0. The van der Waals surface area contributed by atoms with E-state index in [1.54, 1.807) is 23.1 Å². The first-order valence-corrected chi connectivity index (χ1v) is 9.35. The Kier molecular flexibility index (Phi) is 6.67. The Morgan fingerprint density at radius 2 is 1.97 bits per heavy atom. The van der Waals surface area contributed by atoms with Crippen molar-refractivity contribution in [3.8, 4) is 5.69 Å². The fraction of sp³-hybridized carbons (Fsp3) is 0.368. The molecular weight excluding hydrogens is 374 g/mol. The Morgan fingerprint density at radius 3 is 2.62 bits per heavy atom. The van der Waals surface area contributed by atoms with Crippen molar-refractivity contribution in [1.82, 2.24) is 30.2 Å². The van der Waals surface area contributed by atoms with Crippen molar-refractivity contribution in [1.29, 1.82) is 0 Å². The van der Waals surface area contributed by atoms with E-state index >= 15 is 0 Å². The first kappa shape index (κ1) is 20.2. The first-order chi connectivity index (χ1) is 14.0. The number of amides is 2. The number of aromatic nitrogens is 5. The molecule has 0 saturated heterocycles. The number of rotatable bonds is 9. The highest BCUT2D eigenvalue weighted by Crippen LogP contribution is 2.12. The van der Waals surface area contributed by atoms with Gasteiger partial charge in [0.05, 0.1) is 12.2 Å². The van der Waals surface area contributed by atoms with Crippen molar-refractivity contribution in [2.24, 2.45) is 0 Å². The number of anilines is 1. The predicted molar refractivity (Wildman–Crippen MR) is 104 cm³/mol. The van der Waals surface area contributed by atoms with Gasteiger partial charge in [0.15, 0.2) is 5.82 Å². The van der Waals surface area contributed by atoms with Gasteiger partial charge < -0.3 is 15.2 Å². The largest absolute Gasteiger partial charge is 0.347 e. The van der Waals surface area contributed by atoms with Crippen LogP contribution in [0.5, 0.6) is 0 Å². The molecule has 2 amide bonds. The monoisotopic (exact) mass is 397 g/mol. The lowest BCUT2D eigenvalue weighted by atomic mass is 10.2. The normalized spacial score (nSPS) is 10.9. The molecule has 0 atom stereocenters. The maximum atomic E-state index is 12.0. The molecule has 2 aromatic heterocycles. The Morgan fingerprint density at radius 1 is 1.17 bits per heavy atom. The van der Waals surface area contributed by atoms with E-state index in [1.807, 2.05) is 26.0 Å². The Balaban J connectivity index is 1.35. The fourth-order valence-electron chi connectivity index (χ4n) is 2.52. The molecule has 3 rings (SSSR count). The second kappa shape index (κ2) is 9.58. The van der Waals surface area contributed by atoms with Crippen LogP contribution in [-0.4, -0.2) is 43.3 Å². The molecule has 1 aromatic carbocycles. The second-order valence-electron chi connectivity index (χ2n) is 6.77. The standard InChI is InChI=1S/C19H23N7O3/c1-13(2)19-24-18(29-25-19)5-3-4-16(27)21-10-17(28)23-14-6-8-15(9-7-14)26-12-20-11-22-26/h6-9,11-13H,3-5,10H2,1-2H3,(H,21,27)(H,23,28). The number of hydrogen-bond donors (Lipinski definition) is 2. The van der Waals surface area contributed by atoms with Crippen LogP contribution in [0.3, 0.4) is 0 Å². The fourth-order valence-corrected chi connectivity index (χ4v) is 2.52. The van der Waals surface area contributed by atoms with Gasteiger partial charge in [0.2, 0.25) is 17.7 Å². The van der Waals surface area contributed by atoms with Crippen molar-refractivity contribution in [3.63, 3.8) is 0 Å². The summed E-state index contributed by atoms with van der Waals surface area (Å²) in [6.45, 7) is 3.87. The second-order valence-corrected chi connectivity index (χ2v) is 6.77. The SMILES string of the molecule is CC(C)c1noc(CCCC(=O)NCC(=O)Nc2ccc(-n3cncn3)cc2)n1. The molecule has 10 heteroatoms. The highest BCUT2D eigenvalue weighted by Gasteiger charge is 2.11. The third-order valence-corrected chi connectivity index (χ3v) is 4.08. The lowest BCUT2D eigenvalue weighted by molar-refractivity contribution is -0.124. The van der Waals surface area contributed by atoms with Gasteiger partial charge in [-0.2, -0.15) is 10.1 Å². The van der Waals surface area contributed by atoms with E-state index in [9.17, 15) is 9.59 Å². The number of benzene rings is 1. The predicted octanol–water partition coefficient (Wildman–Crippen LogP) is 1.85. The summed E-state index contributed by atoms with van der Waals surface area (Å²) in [5.74, 6) is 0.882. The quantitative estimate of drug-likeness (QED) is 0.564. The zero-order valence-corrected chi connectivity index (χ0v) is 16.3. The molecule has 0 saturated carbocycles. The number of nitrogens with zero attached hydrogens (tertiary/aromatic N) is 5. The van der Waals surface area contributed by atoms with Crippen LogP contribution in [-0.2, 0) is 16.0 Å². The van der Waals surface area contributed by atoms with Crippen LogP contribution < -0.4 is 10.6 Å². The third-order valence-electron chi connectivity index (χ3n) is 4.08. The minimum Gasteiger partial charge on any atom is -0.347 e. The number of carbonyl (C=O) groups is 2. The lowest BCUT2D eigenvalue weighted by Crippen LogP contribution is -2.32.